The monoisotopic (exact) mass is 475 g/mol. The fourth-order valence-electron chi connectivity index (χ4n) is 6.97. The highest BCUT2D eigenvalue weighted by molar-refractivity contribution is 5.94. The van der Waals surface area contributed by atoms with Gasteiger partial charge in [0, 0.05) is 24.5 Å². The van der Waals surface area contributed by atoms with Gasteiger partial charge in [-0.15, -0.1) is 0 Å². The number of hydrogen-bond donors (Lipinski definition) is 3. The lowest BCUT2D eigenvalue weighted by Gasteiger charge is -2.46. The fraction of sp³-hybridized carbons (Fsp3) is 0.731. The molecule has 3 N–H and O–H groups in total. The van der Waals surface area contributed by atoms with E-state index in [9.17, 15) is 20.1 Å². The Morgan fingerprint density at radius 3 is 2.65 bits per heavy atom. The average Bonchev–Trinajstić information content (AvgIpc) is 3.53. The number of methoxy groups -OCH3 is 1. The Morgan fingerprint density at radius 2 is 1.94 bits per heavy atom. The topological polar surface area (TPSA) is 109 Å². The van der Waals surface area contributed by atoms with Crippen molar-refractivity contribution < 1.29 is 34.3 Å². The molecule has 0 radical (unpaired) electrons. The van der Waals surface area contributed by atoms with Crippen molar-refractivity contribution >= 4 is 5.97 Å². The second-order valence-electron chi connectivity index (χ2n) is 10.3. The van der Waals surface area contributed by atoms with E-state index in [-0.39, 0.29) is 47.8 Å². The molecule has 0 unspecified atom stereocenters. The number of aliphatic hydroxyl groups excluding tert-OH is 3. The van der Waals surface area contributed by atoms with Gasteiger partial charge in [0.05, 0.1) is 32.3 Å². The summed E-state index contributed by atoms with van der Waals surface area (Å²) < 4.78 is 17.1. The summed E-state index contributed by atoms with van der Waals surface area (Å²) in [5.41, 5.74) is 0.0563. The molecule has 3 fully saturated rings. The molecule has 188 valence electrons. The quantitative estimate of drug-likeness (QED) is 0.503. The van der Waals surface area contributed by atoms with Gasteiger partial charge in [-0.3, -0.25) is 4.90 Å². The molecule has 34 heavy (non-hydrogen) atoms. The van der Waals surface area contributed by atoms with Crippen molar-refractivity contribution in [2.24, 2.45) is 17.8 Å². The summed E-state index contributed by atoms with van der Waals surface area (Å²) in [7, 11) is 1.42. The Bertz CT molecular complexity index is 888. The zero-order chi connectivity index (χ0) is 23.8. The van der Waals surface area contributed by atoms with Crippen LogP contribution < -0.4 is 0 Å². The summed E-state index contributed by atoms with van der Waals surface area (Å²) >= 11 is 0. The Kier molecular flexibility index (Phi) is 7.02. The molecule has 0 bridgehead atoms. The van der Waals surface area contributed by atoms with Crippen molar-refractivity contribution in [2.75, 3.05) is 26.9 Å². The number of nitrogens with zero attached hydrogens (tertiary/aromatic N) is 1. The van der Waals surface area contributed by atoms with Crippen molar-refractivity contribution in [2.45, 2.75) is 76.0 Å². The van der Waals surface area contributed by atoms with Gasteiger partial charge in [-0.2, -0.15) is 0 Å². The van der Waals surface area contributed by atoms with Gasteiger partial charge in [-0.25, -0.2) is 4.79 Å². The minimum atomic E-state index is -0.655. The number of aliphatic hydroxyl groups is 3. The number of piperidine rings is 1. The maximum absolute atomic E-state index is 12.3. The number of esters is 1. The second kappa shape index (κ2) is 10.0. The lowest BCUT2D eigenvalue weighted by Crippen LogP contribution is -2.55. The van der Waals surface area contributed by atoms with Crippen molar-refractivity contribution in [3.05, 3.63) is 34.7 Å². The standard InChI is InChI=1S/C26H37NO7/c1-32-23-17(14-29)26(31)34-25(23)24-16(13-28)22-19-9-4-8-18(20(30)12-15-6-2-3-7-15)27(19)11-5-10-21(22)33-24/h10,15-16,18-20,22,28-30H,2-9,11-14H2,1H3/t16-,18-,19-,20-,22+/m0/s1. The van der Waals surface area contributed by atoms with Gasteiger partial charge in [-0.05, 0) is 37.7 Å². The largest absolute Gasteiger partial charge is 0.492 e. The number of ether oxygens (including phenoxy) is 3. The molecule has 0 aromatic heterocycles. The molecule has 8 heteroatoms. The van der Waals surface area contributed by atoms with E-state index in [1.165, 1.54) is 32.8 Å². The lowest BCUT2D eigenvalue weighted by molar-refractivity contribution is -0.134. The summed E-state index contributed by atoms with van der Waals surface area (Å²) in [6.45, 7) is 0.201. The first kappa shape index (κ1) is 23.9. The van der Waals surface area contributed by atoms with Crippen LogP contribution in [0.3, 0.4) is 0 Å². The van der Waals surface area contributed by atoms with E-state index in [0.29, 0.717) is 11.7 Å². The van der Waals surface area contributed by atoms with E-state index in [0.717, 1.165) is 44.4 Å². The zero-order valence-corrected chi connectivity index (χ0v) is 19.9. The van der Waals surface area contributed by atoms with E-state index in [1.807, 2.05) is 0 Å². The van der Waals surface area contributed by atoms with E-state index in [2.05, 4.69) is 11.0 Å². The number of carbonyl (C=O) groups excluding carboxylic acids is 1. The van der Waals surface area contributed by atoms with Gasteiger partial charge in [0.25, 0.3) is 0 Å². The average molecular weight is 476 g/mol. The van der Waals surface area contributed by atoms with E-state index < -0.39 is 18.5 Å². The van der Waals surface area contributed by atoms with Gasteiger partial charge in [0.15, 0.2) is 11.5 Å². The summed E-state index contributed by atoms with van der Waals surface area (Å²) in [5, 5.41) is 31.3. The minimum Gasteiger partial charge on any atom is -0.492 e. The van der Waals surface area contributed by atoms with Crippen LogP contribution in [0.4, 0.5) is 0 Å². The Morgan fingerprint density at radius 1 is 1.15 bits per heavy atom. The number of hydrogen-bond acceptors (Lipinski definition) is 8. The normalized spacial score (nSPS) is 35.4. The number of fused-ring (bicyclic) bond motifs is 3. The van der Waals surface area contributed by atoms with Crippen LogP contribution in [0.1, 0.15) is 57.8 Å². The van der Waals surface area contributed by atoms with Gasteiger partial charge in [-0.1, -0.05) is 32.1 Å². The third-order valence-corrected chi connectivity index (χ3v) is 8.52. The molecule has 5 aliphatic rings. The highest BCUT2D eigenvalue weighted by atomic mass is 16.6. The third kappa shape index (κ3) is 4.08. The lowest BCUT2D eigenvalue weighted by atomic mass is 9.78. The highest BCUT2D eigenvalue weighted by Crippen LogP contribution is 2.49. The maximum atomic E-state index is 12.3. The molecule has 4 aliphatic heterocycles. The van der Waals surface area contributed by atoms with Crippen LogP contribution >= 0.6 is 0 Å². The van der Waals surface area contributed by atoms with Gasteiger partial charge < -0.3 is 29.5 Å². The zero-order valence-electron chi connectivity index (χ0n) is 19.9. The molecular formula is C26H37NO7. The Labute approximate surface area is 200 Å². The molecule has 5 rings (SSSR count). The molecule has 8 nitrogen and oxygen atoms in total. The van der Waals surface area contributed by atoms with Crippen LogP contribution in [0.25, 0.3) is 0 Å². The van der Waals surface area contributed by atoms with E-state index in [1.54, 1.807) is 0 Å². The first-order valence-corrected chi connectivity index (χ1v) is 12.8. The molecule has 5 atom stereocenters. The predicted octanol–water partition coefficient (Wildman–Crippen LogP) is 2.35. The number of rotatable bonds is 6. The van der Waals surface area contributed by atoms with Crippen molar-refractivity contribution in [3.8, 4) is 0 Å². The van der Waals surface area contributed by atoms with Crippen LogP contribution in [0.2, 0.25) is 0 Å². The SMILES string of the molecule is COC1=C(CO)C(=O)OC1=C1OC2=CCCN3[C@@H](CCC[C@H]3[C@@H](O)CC3CCCC3)[C@H]2[C@@H]1CO. The third-order valence-electron chi connectivity index (χ3n) is 8.52. The van der Waals surface area contributed by atoms with Gasteiger partial charge >= 0.3 is 5.97 Å². The highest BCUT2D eigenvalue weighted by Gasteiger charge is 2.51. The molecule has 0 spiro atoms. The van der Waals surface area contributed by atoms with Crippen molar-refractivity contribution in [1.29, 1.82) is 0 Å². The Balaban J connectivity index is 1.44. The first-order chi connectivity index (χ1) is 16.6. The van der Waals surface area contributed by atoms with Crippen LogP contribution in [0, 0.1) is 17.8 Å². The van der Waals surface area contributed by atoms with Gasteiger partial charge in [0.2, 0.25) is 5.76 Å². The van der Waals surface area contributed by atoms with E-state index in [4.69, 9.17) is 14.2 Å². The molecule has 2 saturated heterocycles. The van der Waals surface area contributed by atoms with Gasteiger partial charge in [0.1, 0.15) is 11.3 Å². The van der Waals surface area contributed by atoms with Crippen LogP contribution in [0.15, 0.2) is 34.7 Å². The van der Waals surface area contributed by atoms with Crippen LogP contribution in [-0.2, 0) is 19.0 Å². The van der Waals surface area contributed by atoms with E-state index >= 15 is 0 Å². The smallest absolute Gasteiger partial charge is 0.345 e. The summed E-state index contributed by atoms with van der Waals surface area (Å²) in [6.07, 6.45) is 11.4. The molecule has 0 aromatic rings. The molecule has 1 saturated carbocycles. The summed E-state index contributed by atoms with van der Waals surface area (Å²) in [5.74, 6) is 1.00. The summed E-state index contributed by atoms with van der Waals surface area (Å²) in [6, 6.07) is 0.244. The van der Waals surface area contributed by atoms with Crippen molar-refractivity contribution in [3.63, 3.8) is 0 Å². The first-order valence-electron chi connectivity index (χ1n) is 12.8. The molecular weight excluding hydrogens is 438 g/mol. The summed E-state index contributed by atoms with van der Waals surface area (Å²) in [4.78, 5) is 14.7. The van der Waals surface area contributed by atoms with Crippen LogP contribution in [0.5, 0.6) is 0 Å². The molecule has 0 aromatic carbocycles. The second-order valence-corrected chi connectivity index (χ2v) is 10.3. The van der Waals surface area contributed by atoms with Crippen LogP contribution in [-0.4, -0.2) is 71.2 Å². The Hall–Kier alpha value is -1.87. The molecule has 4 heterocycles. The number of carbonyl (C=O) groups is 1. The predicted molar refractivity (Wildman–Crippen MR) is 123 cm³/mol. The molecule has 0 amide bonds. The fourth-order valence-corrected chi connectivity index (χ4v) is 6.97. The minimum absolute atomic E-state index is 0.0563. The molecule has 1 aliphatic carbocycles. The maximum Gasteiger partial charge on any atom is 0.345 e. The van der Waals surface area contributed by atoms with Crippen molar-refractivity contribution in [1.82, 2.24) is 4.90 Å². The number of cyclic esters (lactones) is 1.